The molecule has 3 aliphatic heterocycles. The van der Waals surface area contributed by atoms with Crippen LogP contribution >= 0.6 is 0 Å². The number of aliphatic carboxylic acids is 2. The van der Waals surface area contributed by atoms with Gasteiger partial charge in [-0.2, -0.15) is 0 Å². The third-order valence-electron chi connectivity index (χ3n) is 7.33. The number of likely N-dealkylation sites (tertiary alicyclic amines) is 2. The molecule has 3 saturated heterocycles. The lowest BCUT2D eigenvalue weighted by atomic mass is 9.82. The number of imide groups is 2. The largest absolute Gasteiger partial charge is 0.616 e. The summed E-state index contributed by atoms with van der Waals surface area (Å²) >= 11 is -4.15. The molecule has 3 unspecified atom stereocenters. The fourth-order valence-electron chi connectivity index (χ4n) is 5.43. The summed E-state index contributed by atoms with van der Waals surface area (Å²) < 4.78 is 39.4. The van der Waals surface area contributed by atoms with Crippen molar-refractivity contribution in [3.05, 3.63) is 10.4 Å². The molecule has 0 spiro atoms. The minimum Gasteiger partial charge on any atom is -0.616 e. The van der Waals surface area contributed by atoms with Crippen LogP contribution in [0.25, 0.3) is 10.4 Å². The molecule has 3 heterocycles. The quantitative estimate of drug-likeness (QED) is 0.0569. The molecule has 17 nitrogen and oxygen atoms in total. The van der Waals surface area contributed by atoms with E-state index in [-0.39, 0.29) is 45.1 Å². The average molecular weight is 648 g/mol. The first-order valence-corrected chi connectivity index (χ1v) is 16.4. The zero-order chi connectivity index (χ0) is 32.0. The molecule has 2 N–H and O–H groups in total. The molecular formula is C24H33N5O12S2. The van der Waals surface area contributed by atoms with Crippen LogP contribution in [0.4, 0.5) is 0 Å². The predicted molar refractivity (Wildman–Crippen MR) is 146 cm³/mol. The van der Waals surface area contributed by atoms with Crippen molar-refractivity contribution in [1.29, 1.82) is 0 Å². The third kappa shape index (κ3) is 7.60. The number of hydrogen-bond donors (Lipinski definition) is 2. The smallest absolute Gasteiger partial charge is 0.308 e. The van der Waals surface area contributed by atoms with Crippen LogP contribution in [0.3, 0.4) is 0 Å². The second-order valence-electron chi connectivity index (χ2n) is 10.6. The van der Waals surface area contributed by atoms with Gasteiger partial charge in [-0.15, -0.1) is 0 Å². The number of hydrogen-bond acceptors (Lipinski definition) is 11. The molecule has 3 aliphatic rings. The number of azide groups is 1. The molecule has 0 bridgehead atoms. The second kappa shape index (κ2) is 14.2. The van der Waals surface area contributed by atoms with Gasteiger partial charge in [0.05, 0.1) is 19.4 Å². The van der Waals surface area contributed by atoms with E-state index in [0.717, 1.165) is 0 Å². The minimum absolute atomic E-state index is 0.00147. The Labute approximate surface area is 252 Å². The van der Waals surface area contributed by atoms with Crippen molar-refractivity contribution >= 4 is 57.9 Å². The van der Waals surface area contributed by atoms with E-state index in [4.69, 9.17) is 25.2 Å². The summed E-state index contributed by atoms with van der Waals surface area (Å²) in [4.78, 5) is 80.1. The SMILES string of the molecule is CC1(CCCN=[N+]=[N-])OCC(C[S+]([O-])CCC(=O)O)(C[S+]([O-])CCC(=O)O)C(N2C(=O)CCC2=O)(N2C(=O)CCC2=O)O1. The molecule has 0 aromatic carbocycles. The van der Waals surface area contributed by atoms with E-state index in [2.05, 4.69) is 10.0 Å². The minimum atomic E-state index is -2.63. The van der Waals surface area contributed by atoms with Gasteiger partial charge in [-0.1, -0.05) is 27.5 Å². The first kappa shape index (κ1) is 34.6. The molecule has 3 fully saturated rings. The van der Waals surface area contributed by atoms with Gasteiger partial charge in [-0.05, 0) is 18.9 Å². The fourth-order valence-corrected chi connectivity index (χ4v) is 8.64. The number of nitrogens with zero attached hydrogens (tertiary/aromatic N) is 5. The maximum Gasteiger partial charge on any atom is 0.308 e. The van der Waals surface area contributed by atoms with Crippen molar-refractivity contribution in [1.82, 2.24) is 9.80 Å². The Bertz CT molecular complexity index is 1100. The molecule has 238 valence electrons. The highest BCUT2D eigenvalue weighted by molar-refractivity contribution is 7.92. The molecule has 0 saturated carbocycles. The standard InChI is InChI=1S/C24H33N5O12S2/c1-22(9-2-10-26-27-25)40-13-23(14-42(38)11-7-20(34)35,15-43(39)12-8-21(36)37)24(41-22,28-16(30)3-4-17(28)31)29-18(32)5-6-19(29)33/h2-15H2,1H3,(H,34,35)(H,36,37). The number of carboxylic acid groups (broad SMARTS) is 2. The van der Waals surface area contributed by atoms with Crippen LogP contribution in [0, 0.1) is 5.41 Å². The number of rotatable bonds is 16. The van der Waals surface area contributed by atoms with E-state index < -0.39 is 117 Å². The van der Waals surface area contributed by atoms with Gasteiger partial charge in [0.2, 0.25) is 23.6 Å². The Kier molecular flexibility index (Phi) is 11.4. The zero-order valence-corrected chi connectivity index (χ0v) is 25.1. The monoisotopic (exact) mass is 647 g/mol. The van der Waals surface area contributed by atoms with E-state index in [1.54, 1.807) is 0 Å². The Morgan fingerprint density at radius 2 is 1.37 bits per heavy atom. The number of ether oxygens (including phenoxy) is 2. The van der Waals surface area contributed by atoms with Gasteiger partial charge in [0.1, 0.15) is 23.0 Å². The molecular weight excluding hydrogens is 614 g/mol. The van der Waals surface area contributed by atoms with E-state index in [1.807, 2.05) is 0 Å². The summed E-state index contributed by atoms with van der Waals surface area (Å²) in [6.45, 7) is 0.843. The number of carbonyl (C=O) groups excluding carboxylic acids is 4. The normalized spacial score (nSPS) is 26.9. The van der Waals surface area contributed by atoms with Crippen LogP contribution < -0.4 is 0 Å². The van der Waals surface area contributed by atoms with Crippen molar-refractivity contribution in [2.24, 2.45) is 10.5 Å². The van der Waals surface area contributed by atoms with Crippen LogP contribution in [0.2, 0.25) is 0 Å². The van der Waals surface area contributed by atoms with Crippen LogP contribution in [0.5, 0.6) is 0 Å². The molecule has 0 aromatic heterocycles. The van der Waals surface area contributed by atoms with Crippen molar-refractivity contribution in [3.8, 4) is 0 Å². The number of carbonyl (C=O) groups is 6. The van der Waals surface area contributed by atoms with Crippen molar-refractivity contribution < 1.29 is 57.6 Å². The van der Waals surface area contributed by atoms with Gasteiger partial charge in [0, 0.05) is 43.6 Å². The van der Waals surface area contributed by atoms with E-state index in [0.29, 0.717) is 9.80 Å². The zero-order valence-electron chi connectivity index (χ0n) is 23.4. The first-order chi connectivity index (χ1) is 20.2. The maximum atomic E-state index is 13.4. The Hall–Kier alpha value is -2.93. The molecule has 0 radical (unpaired) electrons. The summed E-state index contributed by atoms with van der Waals surface area (Å²) in [6.07, 6.45) is -2.18. The summed E-state index contributed by atoms with van der Waals surface area (Å²) in [5.74, 6) is -12.3. The van der Waals surface area contributed by atoms with Crippen LogP contribution in [0.1, 0.15) is 58.3 Å². The molecule has 3 atom stereocenters. The molecule has 4 amide bonds. The topological polar surface area (TPSA) is 263 Å². The van der Waals surface area contributed by atoms with E-state index in [1.165, 1.54) is 6.92 Å². The molecule has 43 heavy (non-hydrogen) atoms. The number of carboxylic acids is 2. The van der Waals surface area contributed by atoms with Gasteiger partial charge in [-0.25, -0.2) is 9.80 Å². The lowest BCUT2D eigenvalue weighted by molar-refractivity contribution is -0.413. The molecule has 0 aromatic rings. The van der Waals surface area contributed by atoms with Gasteiger partial charge in [0.25, 0.3) is 5.85 Å². The number of amides is 4. The van der Waals surface area contributed by atoms with E-state index in [9.17, 15) is 37.9 Å². The van der Waals surface area contributed by atoms with Crippen molar-refractivity contribution in [2.75, 3.05) is 36.2 Å². The molecule has 3 rings (SSSR count). The fraction of sp³-hybridized carbons (Fsp3) is 0.750. The van der Waals surface area contributed by atoms with Gasteiger partial charge in [-0.3, -0.25) is 28.8 Å². The highest BCUT2D eigenvalue weighted by Crippen LogP contribution is 2.53. The first-order valence-electron chi connectivity index (χ1n) is 13.4. The third-order valence-corrected chi connectivity index (χ3v) is 10.4. The highest BCUT2D eigenvalue weighted by atomic mass is 32.2. The maximum absolute atomic E-state index is 13.4. The molecule has 0 aliphatic carbocycles. The summed E-state index contributed by atoms with van der Waals surface area (Å²) in [6, 6.07) is 0. The second-order valence-corrected chi connectivity index (χ2v) is 13.7. The summed E-state index contributed by atoms with van der Waals surface area (Å²) in [5, 5.41) is 21.8. The van der Waals surface area contributed by atoms with Crippen LogP contribution in [-0.4, -0.2) is 112 Å². The lowest BCUT2D eigenvalue weighted by Gasteiger charge is -2.60. The van der Waals surface area contributed by atoms with Crippen molar-refractivity contribution in [2.45, 2.75) is 69.9 Å². The highest BCUT2D eigenvalue weighted by Gasteiger charge is 2.74. The van der Waals surface area contributed by atoms with Gasteiger partial charge >= 0.3 is 11.9 Å². The van der Waals surface area contributed by atoms with E-state index >= 15 is 0 Å². The van der Waals surface area contributed by atoms with Crippen LogP contribution in [-0.2, 0) is 60.6 Å². The summed E-state index contributed by atoms with van der Waals surface area (Å²) in [5.41, 5.74) is 6.62. The van der Waals surface area contributed by atoms with Crippen LogP contribution in [0.15, 0.2) is 5.11 Å². The van der Waals surface area contributed by atoms with Gasteiger partial charge < -0.3 is 28.8 Å². The Morgan fingerprint density at radius 3 is 1.77 bits per heavy atom. The lowest BCUT2D eigenvalue weighted by Crippen LogP contribution is -2.81. The Balaban J connectivity index is 2.27. The Morgan fingerprint density at radius 1 is 0.930 bits per heavy atom. The average Bonchev–Trinajstić information content (AvgIpc) is 3.45. The predicted octanol–water partition coefficient (Wildman–Crippen LogP) is 0.225. The molecule has 19 heteroatoms. The summed E-state index contributed by atoms with van der Waals surface area (Å²) in [7, 11) is 0. The van der Waals surface area contributed by atoms with Gasteiger partial charge in [0.15, 0.2) is 11.2 Å². The van der Waals surface area contributed by atoms with Crippen molar-refractivity contribution in [3.63, 3.8) is 0 Å².